The van der Waals surface area contributed by atoms with Crippen LogP contribution in [-0.4, -0.2) is 63.7 Å². The lowest BCUT2D eigenvalue weighted by molar-refractivity contribution is 0.0176. The van der Waals surface area contributed by atoms with Crippen LogP contribution in [0.15, 0.2) is 16.7 Å². The standard InChI is InChI=1S/C15H24BrN3O2/c1-4-18-10-12(16)9-13(18)14(20)19-7-5-17(6-8-19)11-15(2,3)21/h9-10,21H,4-8,11H2,1-3H3. The Balaban J connectivity index is 1.97. The average Bonchev–Trinajstić information content (AvgIpc) is 2.78. The predicted molar refractivity (Wildman–Crippen MR) is 86.4 cm³/mol. The molecule has 0 unspecified atom stereocenters. The summed E-state index contributed by atoms with van der Waals surface area (Å²) in [5, 5.41) is 9.86. The van der Waals surface area contributed by atoms with Crippen molar-refractivity contribution in [2.45, 2.75) is 32.9 Å². The van der Waals surface area contributed by atoms with E-state index in [4.69, 9.17) is 0 Å². The molecule has 1 amide bonds. The monoisotopic (exact) mass is 357 g/mol. The number of piperazine rings is 1. The van der Waals surface area contributed by atoms with E-state index in [0.717, 1.165) is 29.8 Å². The van der Waals surface area contributed by atoms with E-state index in [1.807, 2.05) is 42.5 Å². The maximum atomic E-state index is 12.6. The number of nitrogens with zero attached hydrogens (tertiary/aromatic N) is 3. The van der Waals surface area contributed by atoms with Crippen molar-refractivity contribution in [2.24, 2.45) is 0 Å². The van der Waals surface area contributed by atoms with Crippen molar-refractivity contribution in [3.8, 4) is 0 Å². The number of hydrogen-bond donors (Lipinski definition) is 1. The van der Waals surface area contributed by atoms with Crippen molar-refractivity contribution in [3.05, 3.63) is 22.4 Å². The molecule has 0 spiro atoms. The van der Waals surface area contributed by atoms with Gasteiger partial charge in [-0.2, -0.15) is 0 Å². The lowest BCUT2D eigenvalue weighted by Gasteiger charge is -2.37. The van der Waals surface area contributed by atoms with Crippen LogP contribution in [0.5, 0.6) is 0 Å². The van der Waals surface area contributed by atoms with Crippen LogP contribution >= 0.6 is 15.9 Å². The van der Waals surface area contributed by atoms with Gasteiger partial charge in [-0.05, 0) is 42.8 Å². The Morgan fingerprint density at radius 3 is 2.48 bits per heavy atom. The van der Waals surface area contributed by atoms with E-state index in [-0.39, 0.29) is 5.91 Å². The second-order valence-corrected chi connectivity index (χ2v) is 7.13. The largest absolute Gasteiger partial charge is 0.389 e. The molecule has 1 aliphatic heterocycles. The summed E-state index contributed by atoms with van der Waals surface area (Å²) in [6, 6.07) is 1.88. The molecule has 1 aromatic heterocycles. The highest BCUT2D eigenvalue weighted by molar-refractivity contribution is 9.10. The van der Waals surface area contributed by atoms with E-state index in [9.17, 15) is 9.90 Å². The molecule has 1 aromatic rings. The van der Waals surface area contributed by atoms with Crippen molar-refractivity contribution >= 4 is 21.8 Å². The second-order valence-electron chi connectivity index (χ2n) is 6.21. The predicted octanol–water partition coefficient (Wildman–Crippen LogP) is 1.80. The van der Waals surface area contributed by atoms with Gasteiger partial charge >= 0.3 is 0 Å². The molecule has 1 fully saturated rings. The van der Waals surface area contributed by atoms with Crippen molar-refractivity contribution in [1.82, 2.24) is 14.4 Å². The number of carbonyl (C=O) groups is 1. The van der Waals surface area contributed by atoms with Gasteiger partial charge in [0.1, 0.15) is 5.69 Å². The number of carbonyl (C=O) groups excluding carboxylic acids is 1. The molecule has 118 valence electrons. The van der Waals surface area contributed by atoms with Gasteiger partial charge in [-0.3, -0.25) is 9.69 Å². The van der Waals surface area contributed by atoms with Crippen LogP contribution in [0.1, 0.15) is 31.3 Å². The molecule has 5 nitrogen and oxygen atoms in total. The van der Waals surface area contributed by atoms with Gasteiger partial charge < -0.3 is 14.6 Å². The summed E-state index contributed by atoms with van der Waals surface area (Å²) in [6.45, 7) is 10.1. The Hall–Kier alpha value is -0.850. The molecule has 1 saturated heterocycles. The van der Waals surface area contributed by atoms with Crippen LogP contribution in [0.4, 0.5) is 0 Å². The van der Waals surface area contributed by atoms with Crippen molar-refractivity contribution in [3.63, 3.8) is 0 Å². The highest BCUT2D eigenvalue weighted by Gasteiger charge is 2.26. The summed E-state index contributed by atoms with van der Waals surface area (Å²) >= 11 is 3.43. The Bertz CT molecular complexity index is 500. The minimum absolute atomic E-state index is 0.0884. The molecule has 0 aliphatic carbocycles. The zero-order valence-electron chi connectivity index (χ0n) is 13.0. The maximum Gasteiger partial charge on any atom is 0.270 e. The Labute approximate surface area is 134 Å². The smallest absolute Gasteiger partial charge is 0.270 e. The van der Waals surface area contributed by atoms with Crippen LogP contribution < -0.4 is 0 Å². The number of hydrogen-bond acceptors (Lipinski definition) is 3. The molecular formula is C15H24BrN3O2. The number of halogens is 1. The molecule has 1 aliphatic rings. The van der Waals surface area contributed by atoms with Crippen molar-refractivity contribution < 1.29 is 9.90 Å². The van der Waals surface area contributed by atoms with E-state index in [2.05, 4.69) is 20.8 Å². The fourth-order valence-electron chi connectivity index (χ4n) is 2.73. The molecule has 2 heterocycles. The summed E-state index contributed by atoms with van der Waals surface area (Å²) in [7, 11) is 0. The number of aromatic nitrogens is 1. The summed E-state index contributed by atoms with van der Waals surface area (Å²) in [6.07, 6.45) is 1.94. The first-order chi connectivity index (χ1) is 9.80. The van der Waals surface area contributed by atoms with Gasteiger partial charge in [0, 0.05) is 49.9 Å². The summed E-state index contributed by atoms with van der Waals surface area (Å²) < 4.78 is 2.91. The number of rotatable bonds is 4. The molecule has 21 heavy (non-hydrogen) atoms. The zero-order valence-corrected chi connectivity index (χ0v) is 14.6. The first-order valence-corrected chi connectivity index (χ1v) is 8.19. The minimum atomic E-state index is -0.687. The third-order valence-corrected chi connectivity index (χ3v) is 4.13. The summed E-state index contributed by atoms with van der Waals surface area (Å²) in [5.41, 5.74) is 0.0498. The SMILES string of the molecule is CCn1cc(Br)cc1C(=O)N1CCN(CC(C)(C)O)CC1. The number of aryl methyl sites for hydroxylation is 1. The number of amides is 1. The van der Waals surface area contributed by atoms with Crippen molar-refractivity contribution in [2.75, 3.05) is 32.7 Å². The Morgan fingerprint density at radius 1 is 1.33 bits per heavy atom. The molecule has 0 aromatic carbocycles. The number of aliphatic hydroxyl groups is 1. The normalized spacial score (nSPS) is 17.3. The van der Waals surface area contributed by atoms with Gasteiger partial charge in [-0.1, -0.05) is 0 Å². The van der Waals surface area contributed by atoms with Gasteiger partial charge in [0.25, 0.3) is 5.91 Å². The molecule has 0 saturated carbocycles. The Kier molecular flexibility index (Phi) is 5.11. The number of β-amino-alcohol motifs (C(OH)–C–C–N with tert-alkyl or cyclic N) is 1. The third kappa shape index (κ3) is 4.31. The van der Waals surface area contributed by atoms with Gasteiger partial charge in [0.2, 0.25) is 0 Å². The second kappa shape index (κ2) is 6.50. The van der Waals surface area contributed by atoms with E-state index in [1.165, 1.54) is 0 Å². The van der Waals surface area contributed by atoms with E-state index in [1.54, 1.807) is 0 Å². The average molecular weight is 358 g/mol. The molecule has 6 heteroatoms. The van der Waals surface area contributed by atoms with Crippen molar-refractivity contribution in [1.29, 1.82) is 0 Å². The highest BCUT2D eigenvalue weighted by atomic mass is 79.9. The zero-order chi connectivity index (χ0) is 15.6. The fraction of sp³-hybridized carbons (Fsp3) is 0.667. The fourth-order valence-corrected chi connectivity index (χ4v) is 3.20. The first-order valence-electron chi connectivity index (χ1n) is 7.40. The lowest BCUT2D eigenvalue weighted by Crippen LogP contribution is -2.52. The van der Waals surface area contributed by atoms with Crippen LogP contribution in [0.25, 0.3) is 0 Å². The lowest BCUT2D eigenvalue weighted by atomic mass is 10.1. The highest BCUT2D eigenvalue weighted by Crippen LogP contribution is 2.18. The van der Waals surface area contributed by atoms with Gasteiger partial charge in [0.05, 0.1) is 5.60 Å². The molecule has 0 atom stereocenters. The van der Waals surface area contributed by atoms with Crippen LogP contribution in [0.3, 0.4) is 0 Å². The maximum absolute atomic E-state index is 12.6. The molecule has 1 N–H and O–H groups in total. The molecule has 2 rings (SSSR count). The van der Waals surface area contributed by atoms with E-state index in [0.29, 0.717) is 19.6 Å². The molecular weight excluding hydrogens is 334 g/mol. The molecule has 0 bridgehead atoms. The van der Waals surface area contributed by atoms with Crippen LogP contribution in [-0.2, 0) is 6.54 Å². The van der Waals surface area contributed by atoms with Gasteiger partial charge in [-0.25, -0.2) is 0 Å². The minimum Gasteiger partial charge on any atom is -0.389 e. The van der Waals surface area contributed by atoms with E-state index < -0.39 is 5.60 Å². The third-order valence-electron chi connectivity index (χ3n) is 3.69. The van der Waals surface area contributed by atoms with Crippen LogP contribution in [0, 0.1) is 0 Å². The van der Waals surface area contributed by atoms with Crippen LogP contribution in [0.2, 0.25) is 0 Å². The van der Waals surface area contributed by atoms with Gasteiger partial charge in [0.15, 0.2) is 0 Å². The topological polar surface area (TPSA) is 48.7 Å². The van der Waals surface area contributed by atoms with Gasteiger partial charge in [-0.15, -0.1) is 0 Å². The quantitative estimate of drug-likeness (QED) is 0.893. The first kappa shape index (κ1) is 16.5. The Morgan fingerprint density at radius 2 is 1.95 bits per heavy atom. The van der Waals surface area contributed by atoms with E-state index >= 15 is 0 Å². The summed E-state index contributed by atoms with van der Waals surface area (Å²) in [5.74, 6) is 0.0884. The molecule has 0 radical (unpaired) electrons. The summed E-state index contributed by atoms with van der Waals surface area (Å²) in [4.78, 5) is 16.7.